The van der Waals surface area contributed by atoms with Gasteiger partial charge in [-0.25, -0.2) is 0 Å². The van der Waals surface area contributed by atoms with Gasteiger partial charge >= 0.3 is 0 Å². The molecule has 2 rings (SSSR count). The molecule has 1 aromatic rings. The third-order valence-electron chi connectivity index (χ3n) is 3.43. The van der Waals surface area contributed by atoms with E-state index in [-0.39, 0.29) is 11.9 Å². The zero-order valence-electron chi connectivity index (χ0n) is 11.3. The number of carbonyl (C=O) groups excluding carboxylic acids is 1. The Bertz CT molecular complexity index is 507. The molecule has 6 heteroatoms. The lowest BCUT2D eigenvalue weighted by Crippen LogP contribution is -2.39. The summed E-state index contributed by atoms with van der Waals surface area (Å²) in [7, 11) is 0. The minimum absolute atomic E-state index is 0.170. The second-order valence-corrected chi connectivity index (χ2v) is 6.24. The van der Waals surface area contributed by atoms with E-state index in [1.54, 1.807) is 12.1 Å². The number of nitrogens with zero attached hydrogens (tertiary/aromatic N) is 1. The summed E-state index contributed by atoms with van der Waals surface area (Å²) in [6.07, 6.45) is 1.62. The van der Waals surface area contributed by atoms with Crippen LogP contribution in [0.5, 0.6) is 0 Å². The molecular weight excluding hydrogens is 319 g/mol. The summed E-state index contributed by atoms with van der Waals surface area (Å²) in [6, 6.07) is 3.59. The van der Waals surface area contributed by atoms with E-state index < -0.39 is 0 Å². The quantitative estimate of drug-likeness (QED) is 0.831. The average Bonchev–Trinajstić information content (AvgIpc) is 2.80. The van der Waals surface area contributed by atoms with Crippen molar-refractivity contribution in [2.75, 3.05) is 13.1 Å². The van der Waals surface area contributed by atoms with Gasteiger partial charge in [0.25, 0.3) is 0 Å². The van der Waals surface area contributed by atoms with Crippen LogP contribution in [-0.4, -0.2) is 29.9 Å². The molecule has 0 aliphatic carbocycles. The van der Waals surface area contributed by atoms with Gasteiger partial charge in [0.2, 0.25) is 5.91 Å². The van der Waals surface area contributed by atoms with Crippen LogP contribution in [0.3, 0.4) is 0 Å². The predicted molar refractivity (Wildman–Crippen MR) is 83.6 cm³/mol. The third kappa shape index (κ3) is 3.79. The Hall–Kier alpha value is -0.480. The molecule has 110 valence electrons. The van der Waals surface area contributed by atoms with Crippen molar-refractivity contribution in [3.05, 3.63) is 32.8 Å². The van der Waals surface area contributed by atoms with E-state index in [0.29, 0.717) is 34.6 Å². The highest BCUT2D eigenvalue weighted by atomic mass is 35.5. The van der Waals surface area contributed by atoms with Crippen LogP contribution in [0.25, 0.3) is 0 Å². The van der Waals surface area contributed by atoms with Crippen LogP contribution < -0.4 is 5.32 Å². The number of hydrogen-bond acceptors (Lipinski definition) is 2. The van der Waals surface area contributed by atoms with Gasteiger partial charge in [-0.2, -0.15) is 0 Å². The monoisotopic (exact) mass is 334 g/mol. The molecule has 0 saturated carbocycles. The summed E-state index contributed by atoms with van der Waals surface area (Å²) in [5.74, 6) is 0.234. The molecule has 1 saturated heterocycles. The van der Waals surface area contributed by atoms with Gasteiger partial charge in [0.1, 0.15) is 0 Å². The Morgan fingerprint density at radius 3 is 2.65 bits per heavy atom. The molecule has 1 atom stereocenters. The van der Waals surface area contributed by atoms with E-state index in [2.05, 4.69) is 5.32 Å². The maximum Gasteiger partial charge on any atom is 0.222 e. The predicted octanol–water partition coefficient (Wildman–Crippen LogP) is 3.75. The summed E-state index contributed by atoms with van der Waals surface area (Å²) in [5, 5.41) is 4.91. The maximum absolute atomic E-state index is 11.6. The minimum Gasteiger partial charge on any atom is -0.341 e. The molecule has 1 N–H and O–H groups in total. The van der Waals surface area contributed by atoms with Crippen LogP contribution in [0.15, 0.2) is 12.1 Å². The molecule has 20 heavy (non-hydrogen) atoms. The van der Waals surface area contributed by atoms with Gasteiger partial charge in [0, 0.05) is 42.7 Å². The first-order chi connectivity index (χ1) is 9.49. The molecule has 1 heterocycles. The van der Waals surface area contributed by atoms with Crippen molar-refractivity contribution in [2.24, 2.45) is 0 Å². The second kappa shape index (κ2) is 6.99. The van der Waals surface area contributed by atoms with Crippen molar-refractivity contribution in [3.63, 3.8) is 0 Å². The second-order valence-electron chi connectivity index (χ2n) is 5.05. The fourth-order valence-electron chi connectivity index (χ4n) is 2.30. The van der Waals surface area contributed by atoms with Crippen molar-refractivity contribution in [2.45, 2.75) is 32.4 Å². The largest absolute Gasteiger partial charge is 0.341 e. The number of likely N-dealkylation sites (tertiary alicyclic amines) is 1. The van der Waals surface area contributed by atoms with Gasteiger partial charge in [-0.3, -0.25) is 4.79 Å². The lowest BCUT2D eigenvalue weighted by molar-refractivity contribution is -0.127. The van der Waals surface area contributed by atoms with Gasteiger partial charge in [-0.1, -0.05) is 34.8 Å². The van der Waals surface area contributed by atoms with Crippen LogP contribution in [-0.2, 0) is 11.3 Å². The summed E-state index contributed by atoms with van der Waals surface area (Å²) in [5.41, 5.74) is 0.792. The fourth-order valence-corrected chi connectivity index (χ4v) is 2.98. The standard InChI is InChI=1S/C14H17Cl3N2O/c1-9(8-19-6-2-3-13(19)20)18-7-10-11(15)4-5-12(16)14(10)17/h4-5,9,18H,2-3,6-8H2,1H3. The van der Waals surface area contributed by atoms with Crippen molar-refractivity contribution in [1.29, 1.82) is 0 Å². The van der Waals surface area contributed by atoms with Crippen molar-refractivity contribution in [1.82, 2.24) is 10.2 Å². The molecule has 3 nitrogen and oxygen atoms in total. The van der Waals surface area contributed by atoms with Gasteiger partial charge in [0.15, 0.2) is 0 Å². The molecule has 1 aliphatic rings. The summed E-state index contributed by atoms with van der Waals surface area (Å²) in [6.45, 7) is 4.12. The van der Waals surface area contributed by atoms with Gasteiger partial charge < -0.3 is 10.2 Å². The Morgan fingerprint density at radius 1 is 1.30 bits per heavy atom. The number of carbonyl (C=O) groups is 1. The number of benzene rings is 1. The molecule has 0 aromatic heterocycles. The van der Waals surface area contributed by atoms with Crippen molar-refractivity contribution < 1.29 is 4.79 Å². The Kier molecular flexibility index (Phi) is 5.56. The van der Waals surface area contributed by atoms with E-state index in [9.17, 15) is 4.79 Å². The maximum atomic E-state index is 11.6. The molecule has 0 radical (unpaired) electrons. The van der Waals surface area contributed by atoms with E-state index in [1.165, 1.54) is 0 Å². The Balaban J connectivity index is 1.92. The lowest BCUT2D eigenvalue weighted by atomic mass is 10.2. The normalized spacial score (nSPS) is 16.8. The van der Waals surface area contributed by atoms with Crippen LogP contribution in [0, 0.1) is 0 Å². The molecule has 1 fully saturated rings. The first-order valence-corrected chi connectivity index (χ1v) is 7.76. The van der Waals surface area contributed by atoms with Crippen LogP contribution in [0.1, 0.15) is 25.3 Å². The van der Waals surface area contributed by atoms with E-state index in [4.69, 9.17) is 34.8 Å². The van der Waals surface area contributed by atoms with Crippen LogP contribution >= 0.6 is 34.8 Å². The van der Waals surface area contributed by atoms with E-state index in [1.807, 2.05) is 11.8 Å². The Labute approximate surface area is 134 Å². The molecule has 1 aromatic carbocycles. The van der Waals surface area contributed by atoms with Crippen LogP contribution in [0.2, 0.25) is 15.1 Å². The van der Waals surface area contributed by atoms with Gasteiger partial charge in [-0.05, 0) is 25.5 Å². The van der Waals surface area contributed by atoms with Crippen molar-refractivity contribution in [3.8, 4) is 0 Å². The molecule has 1 aliphatic heterocycles. The summed E-state index contributed by atoms with van der Waals surface area (Å²) in [4.78, 5) is 13.5. The zero-order chi connectivity index (χ0) is 14.7. The topological polar surface area (TPSA) is 32.3 Å². The van der Waals surface area contributed by atoms with Crippen molar-refractivity contribution >= 4 is 40.7 Å². The molecule has 1 amide bonds. The first kappa shape index (κ1) is 15.9. The lowest BCUT2D eigenvalue weighted by Gasteiger charge is -2.22. The SMILES string of the molecule is CC(CN1CCCC1=O)NCc1c(Cl)ccc(Cl)c1Cl. The number of rotatable bonds is 5. The highest BCUT2D eigenvalue weighted by Gasteiger charge is 2.21. The van der Waals surface area contributed by atoms with E-state index in [0.717, 1.165) is 18.5 Å². The van der Waals surface area contributed by atoms with E-state index >= 15 is 0 Å². The third-order valence-corrected chi connectivity index (χ3v) is 4.63. The molecule has 1 unspecified atom stereocenters. The summed E-state index contributed by atoms with van der Waals surface area (Å²) < 4.78 is 0. The highest BCUT2D eigenvalue weighted by molar-refractivity contribution is 6.44. The number of amides is 1. The highest BCUT2D eigenvalue weighted by Crippen LogP contribution is 2.31. The number of nitrogens with one attached hydrogen (secondary N) is 1. The zero-order valence-corrected chi connectivity index (χ0v) is 13.5. The molecule has 0 bridgehead atoms. The van der Waals surface area contributed by atoms with Crippen LogP contribution in [0.4, 0.5) is 0 Å². The first-order valence-electron chi connectivity index (χ1n) is 6.62. The molecule has 0 spiro atoms. The molecular formula is C14H17Cl3N2O. The van der Waals surface area contributed by atoms with Gasteiger partial charge in [0.05, 0.1) is 10.0 Å². The Morgan fingerprint density at radius 2 is 2.00 bits per heavy atom. The summed E-state index contributed by atoms with van der Waals surface area (Å²) >= 11 is 18.3. The average molecular weight is 336 g/mol. The number of hydrogen-bond donors (Lipinski definition) is 1. The van der Waals surface area contributed by atoms with Gasteiger partial charge in [-0.15, -0.1) is 0 Å². The fraction of sp³-hybridized carbons (Fsp3) is 0.500. The smallest absolute Gasteiger partial charge is 0.222 e. The minimum atomic E-state index is 0.170. The number of halogens is 3.